The van der Waals surface area contributed by atoms with E-state index in [1.165, 1.54) is 4.90 Å². The summed E-state index contributed by atoms with van der Waals surface area (Å²) in [5.74, 6) is -0.731. The predicted molar refractivity (Wildman–Crippen MR) is 82.9 cm³/mol. The molecule has 11 heteroatoms. The van der Waals surface area contributed by atoms with Crippen LogP contribution in [0.3, 0.4) is 0 Å². The third kappa shape index (κ3) is 4.56. The third-order valence-electron chi connectivity index (χ3n) is 3.93. The second-order valence-electron chi connectivity index (χ2n) is 5.68. The maximum atomic E-state index is 12.9. The summed E-state index contributed by atoms with van der Waals surface area (Å²) in [6, 6.07) is 0.665. The maximum absolute atomic E-state index is 12.9. The van der Waals surface area contributed by atoms with Gasteiger partial charge in [-0.2, -0.15) is 13.2 Å². The Balaban J connectivity index is 2.29. The van der Waals surface area contributed by atoms with Crippen molar-refractivity contribution in [2.75, 3.05) is 31.1 Å². The van der Waals surface area contributed by atoms with E-state index in [4.69, 9.17) is 5.73 Å². The van der Waals surface area contributed by atoms with Crippen LogP contribution in [0.4, 0.5) is 24.5 Å². The van der Waals surface area contributed by atoms with Gasteiger partial charge in [-0.1, -0.05) is 0 Å². The number of halogens is 3. The van der Waals surface area contributed by atoms with Crippen LogP contribution in [-0.4, -0.2) is 42.0 Å². The van der Waals surface area contributed by atoms with Gasteiger partial charge in [0.1, 0.15) is 17.6 Å². The van der Waals surface area contributed by atoms with Crippen LogP contribution < -0.4 is 16.0 Å². The number of nitro groups is 1. The van der Waals surface area contributed by atoms with E-state index in [-0.39, 0.29) is 24.7 Å². The molecule has 1 amide bonds. The van der Waals surface area contributed by atoms with Crippen molar-refractivity contribution in [1.29, 1.82) is 0 Å². The number of carbonyl (C=O) groups is 1. The lowest BCUT2D eigenvalue weighted by Gasteiger charge is -2.33. The first-order chi connectivity index (χ1) is 11.7. The van der Waals surface area contributed by atoms with Crippen molar-refractivity contribution in [2.24, 2.45) is 11.7 Å². The van der Waals surface area contributed by atoms with Crippen molar-refractivity contribution in [2.45, 2.75) is 19.0 Å². The van der Waals surface area contributed by atoms with Gasteiger partial charge in [-0.15, -0.1) is 0 Å². The van der Waals surface area contributed by atoms with Gasteiger partial charge in [0.15, 0.2) is 0 Å². The van der Waals surface area contributed by atoms with Gasteiger partial charge in [0.05, 0.1) is 10.8 Å². The molecule has 1 fully saturated rings. The molecule has 1 saturated heterocycles. The summed E-state index contributed by atoms with van der Waals surface area (Å²) in [4.78, 5) is 27.0. The zero-order valence-electron chi connectivity index (χ0n) is 13.3. The highest BCUT2D eigenvalue weighted by Gasteiger charge is 2.36. The minimum atomic E-state index is -4.71. The molecule has 0 aromatic carbocycles. The van der Waals surface area contributed by atoms with E-state index in [2.05, 4.69) is 10.3 Å². The number of piperidine rings is 1. The van der Waals surface area contributed by atoms with Gasteiger partial charge in [0.25, 0.3) is 0 Å². The quantitative estimate of drug-likeness (QED) is 0.603. The topological polar surface area (TPSA) is 114 Å². The van der Waals surface area contributed by atoms with Crippen molar-refractivity contribution in [3.63, 3.8) is 0 Å². The molecule has 1 aromatic rings. The van der Waals surface area contributed by atoms with Crippen LogP contribution in [0.15, 0.2) is 12.3 Å². The van der Waals surface area contributed by atoms with E-state index >= 15 is 0 Å². The van der Waals surface area contributed by atoms with Gasteiger partial charge in [-0.05, 0) is 18.9 Å². The molecule has 0 bridgehead atoms. The van der Waals surface area contributed by atoms with Crippen molar-refractivity contribution >= 4 is 17.3 Å². The number of rotatable bonds is 5. The lowest BCUT2D eigenvalue weighted by atomic mass is 9.96. The largest absolute Gasteiger partial charge is 0.433 e. The molecule has 1 aliphatic rings. The van der Waals surface area contributed by atoms with E-state index < -0.39 is 28.4 Å². The number of alkyl halides is 3. The summed E-state index contributed by atoms with van der Waals surface area (Å²) in [5, 5.41) is 13.8. The standard InChI is InChI=1S/C14H18F3N5O3/c15-14(16,17)12-6-10(11(7-20-12)22(24)25)21-5-1-2-9(8-21)13(23)19-4-3-18/h6-7,9H,1-5,8,18H2,(H,19,23). The number of nitrogens with zero attached hydrogens (tertiary/aromatic N) is 3. The number of aromatic nitrogens is 1. The van der Waals surface area contributed by atoms with Crippen LogP contribution in [0, 0.1) is 16.0 Å². The molecule has 1 aromatic heterocycles. The maximum Gasteiger partial charge on any atom is 0.433 e. The molecule has 0 saturated carbocycles. The molecule has 138 valence electrons. The molecule has 1 aliphatic heterocycles. The first-order valence-electron chi connectivity index (χ1n) is 7.68. The SMILES string of the molecule is NCCNC(=O)C1CCCN(c2cc(C(F)(F)F)ncc2[N+](=O)[O-])C1. The summed E-state index contributed by atoms with van der Waals surface area (Å²) >= 11 is 0. The average Bonchev–Trinajstić information content (AvgIpc) is 2.58. The molecule has 0 radical (unpaired) electrons. The van der Waals surface area contributed by atoms with E-state index in [1.807, 2.05) is 0 Å². The first-order valence-corrected chi connectivity index (χ1v) is 7.68. The summed E-state index contributed by atoms with van der Waals surface area (Å²) in [5.41, 5.74) is 3.42. The number of pyridine rings is 1. The minimum Gasteiger partial charge on any atom is -0.365 e. The number of amides is 1. The van der Waals surface area contributed by atoms with Crippen LogP contribution in [0.1, 0.15) is 18.5 Å². The van der Waals surface area contributed by atoms with Crippen LogP contribution in [-0.2, 0) is 11.0 Å². The summed E-state index contributed by atoms with van der Waals surface area (Å²) in [6.07, 6.45) is -3.02. The zero-order valence-corrected chi connectivity index (χ0v) is 13.3. The van der Waals surface area contributed by atoms with Gasteiger partial charge in [0, 0.05) is 26.2 Å². The molecule has 1 unspecified atom stereocenters. The Hall–Kier alpha value is -2.43. The number of nitrogens with two attached hydrogens (primary N) is 1. The molecule has 2 rings (SSSR count). The van der Waals surface area contributed by atoms with E-state index in [1.54, 1.807) is 0 Å². The fourth-order valence-corrected chi connectivity index (χ4v) is 2.74. The van der Waals surface area contributed by atoms with E-state index in [9.17, 15) is 28.1 Å². The molecule has 25 heavy (non-hydrogen) atoms. The molecule has 0 aliphatic carbocycles. The Kier molecular flexibility index (Phi) is 5.77. The Morgan fingerprint density at radius 3 is 2.84 bits per heavy atom. The number of anilines is 1. The smallest absolute Gasteiger partial charge is 0.365 e. The number of hydrogen-bond donors (Lipinski definition) is 2. The molecule has 1 atom stereocenters. The normalized spacial score (nSPS) is 18.1. The summed E-state index contributed by atoms with van der Waals surface area (Å²) in [7, 11) is 0. The molecular weight excluding hydrogens is 343 g/mol. The highest BCUT2D eigenvalue weighted by molar-refractivity contribution is 5.80. The van der Waals surface area contributed by atoms with Crippen LogP contribution >= 0.6 is 0 Å². The average molecular weight is 361 g/mol. The Bertz CT molecular complexity index is 653. The zero-order chi connectivity index (χ0) is 18.6. The summed E-state index contributed by atoms with van der Waals surface area (Å²) < 4.78 is 38.7. The monoisotopic (exact) mass is 361 g/mol. The fourth-order valence-electron chi connectivity index (χ4n) is 2.74. The molecule has 2 heterocycles. The van der Waals surface area contributed by atoms with Gasteiger partial charge >= 0.3 is 11.9 Å². The van der Waals surface area contributed by atoms with Crippen molar-refractivity contribution < 1.29 is 22.9 Å². The Morgan fingerprint density at radius 2 is 2.24 bits per heavy atom. The Labute approximate surface area is 141 Å². The number of carbonyl (C=O) groups excluding carboxylic acids is 1. The lowest BCUT2D eigenvalue weighted by molar-refractivity contribution is -0.384. The van der Waals surface area contributed by atoms with Crippen LogP contribution in [0.5, 0.6) is 0 Å². The third-order valence-corrected chi connectivity index (χ3v) is 3.93. The predicted octanol–water partition coefficient (Wildman–Crippen LogP) is 1.30. The van der Waals surface area contributed by atoms with E-state index in [0.29, 0.717) is 38.2 Å². The van der Waals surface area contributed by atoms with Crippen molar-refractivity contribution in [3.05, 3.63) is 28.1 Å². The van der Waals surface area contributed by atoms with Crippen LogP contribution in [0.25, 0.3) is 0 Å². The van der Waals surface area contributed by atoms with Gasteiger partial charge in [0.2, 0.25) is 5.91 Å². The lowest BCUT2D eigenvalue weighted by Crippen LogP contribution is -2.44. The first kappa shape index (κ1) is 18.9. The highest BCUT2D eigenvalue weighted by atomic mass is 19.4. The van der Waals surface area contributed by atoms with Crippen molar-refractivity contribution in [1.82, 2.24) is 10.3 Å². The molecule has 0 spiro atoms. The molecule has 8 nitrogen and oxygen atoms in total. The molecular formula is C14H18F3N5O3. The van der Waals surface area contributed by atoms with Gasteiger partial charge in [-0.25, -0.2) is 4.98 Å². The second-order valence-corrected chi connectivity index (χ2v) is 5.68. The van der Waals surface area contributed by atoms with Gasteiger partial charge in [-0.3, -0.25) is 14.9 Å². The minimum absolute atomic E-state index is 0.0958. The van der Waals surface area contributed by atoms with Gasteiger partial charge < -0.3 is 16.0 Å². The van der Waals surface area contributed by atoms with Crippen molar-refractivity contribution in [3.8, 4) is 0 Å². The molecule has 3 N–H and O–H groups in total. The highest BCUT2D eigenvalue weighted by Crippen LogP contribution is 2.36. The number of hydrogen-bond acceptors (Lipinski definition) is 6. The summed E-state index contributed by atoms with van der Waals surface area (Å²) in [6.45, 7) is 0.983. The van der Waals surface area contributed by atoms with E-state index in [0.717, 1.165) is 0 Å². The Morgan fingerprint density at radius 1 is 1.52 bits per heavy atom. The number of nitrogens with one attached hydrogen (secondary N) is 1. The van der Waals surface area contributed by atoms with Crippen LogP contribution in [0.2, 0.25) is 0 Å². The second kappa shape index (κ2) is 7.64. The fraction of sp³-hybridized carbons (Fsp3) is 0.571.